The largest absolute Gasteiger partial charge is 0.396 e. The van der Waals surface area contributed by atoms with Crippen LogP contribution in [0, 0.1) is 11.8 Å². The lowest BCUT2D eigenvalue weighted by molar-refractivity contribution is -0.0613. The van der Waals surface area contributed by atoms with Crippen LogP contribution in [0.15, 0.2) is 0 Å². The molecule has 0 unspecified atom stereocenters. The molecule has 0 aromatic rings. The molecule has 1 N–H and O–H groups in total. The molecule has 0 aliphatic carbocycles. The molecule has 0 saturated heterocycles. The highest BCUT2D eigenvalue weighted by molar-refractivity contribution is 4.80. The normalized spacial score (nSPS) is 18.2. The monoisotopic (exact) mass is 202 g/mol. The molecular formula is C12H26O2. The number of aliphatic hydroxyl groups excluding tert-OH is 1. The Labute approximate surface area is 88.7 Å². The van der Waals surface area contributed by atoms with Gasteiger partial charge in [0.05, 0.1) is 5.60 Å². The summed E-state index contributed by atoms with van der Waals surface area (Å²) in [5.74, 6) is 0.959. The fourth-order valence-corrected chi connectivity index (χ4v) is 1.60. The third-order valence-electron chi connectivity index (χ3n) is 3.24. The van der Waals surface area contributed by atoms with E-state index in [1.807, 2.05) is 6.92 Å². The lowest BCUT2D eigenvalue weighted by Gasteiger charge is -2.33. The minimum Gasteiger partial charge on any atom is -0.396 e. The van der Waals surface area contributed by atoms with Crippen LogP contribution in [-0.4, -0.2) is 24.4 Å². The lowest BCUT2D eigenvalue weighted by atomic mass is 9.85. The van der Waals surface area contributed by atoms with Crippen molar-refractivity contribution < 1.29 is 9.84 Å². The van der Waals surface area contributed by atoms with Gasteiger partial charge in [0.15, 0.2) is 0 Å². The second kappa shape index (κ2) is 6.41. The zero-order valence-electron chi connectivity index (χ0n) is 10.3. The first-order valence-electron chi connectivity index (χ1n) is 5.62. The first-order chi connectivity index (χ1) is 6.46. The van der Waals surface area contributed by atoms with Crippen molar-refractivity contribution in [2.75, 3.05) is 13.7 Å². The summed E-state index contributed by atoms with van der Waals surface area (Å²) in [5, 5.41) is 9.13. The van der Waals surface area contributed by atoms with Gasteiger partial charge in [0.2, 0.25) is 0 Å². The van der Waals surface area contributed by atoms with E-state index in [2.05, 4.69) is 20.8 Å². The highest BCUT2D eigenvalue weighted by Gasteiger charge is 2.29. The Balaban J connectivity index is 3.99. The molecule has 86 valence electrons. The fourth-order valence-electron chi connectivity index (χ4n) is 1.60. The Kier molecular flexibility index (Phi) is 6.38. The minimum atomic E-state index is -0.163. The molecule has 0 aliphatic heterocycles. The Morgan fingerprint density at radius 1 is 1.29 bits per heavy atom. The van der Waals surface area contributed by atoms with Crippen molar-refractivity contribution >= 4 is 0 Å². The molecule has 0 radical (unpaired) electrons. The summed E-state index contributed by atoms with van der Waals surface area (Å²) in [6.07, 6.45) is 3.44. The molecule has 0 heterocycles. The summed E-state index contributed by atoms with van der Waals surface area (Å²) in [4.78, 5) is 0. The SMILES string of the molecule is CO[C@](C)(CCCC(C)C)[C@H](C)CO. The molecule has 0 rings (SSSR count). The van der Waals surface area contributed by atoms with Crippen molar-refractivity contribution in [2.24, 2.45) is 11.8 Å². The Morgan fingerprint density at radius 3 is 2.21 bits per heavy atom. The maximum absolute atomic E-state index is 9.13. The van der Waals surface area contributed by atoms with E-state index < -0.39 is 0 Å². The maximum Gasteiger partial charge on any atom is 0.0698 e. The van der Waals surface area contributed by atoms with E-state index in [4.69, 9.17) is 9.84 Å². The van der Waals surface area contributed by atoms with Gasteiger partial charge in [-0.3, -0.25) is 0 Å². The van der Waals surface area contributed by atoms with Crippen LogP contribution >= 0.6 is 0 Å². The van der Waals surface area contributed by atoms with E-state index in [1.54, 1.807) is 7.11 Å². The zero-order chi connectivity index (χ0) is 11.2. The van der Waals surface area contributed by atoms with Crippen LogP contribution in [0.4, 0.5) is 0 Å². The highest BCUT2D eigenvalue weighted by Crippen LogP contribution is 2.27. The molecule has 14 heavy (non-hydrogen) atoms. The second-order valence-corrected chi connectivity index (χ2v) is 4.89. The molecule has 0 bridgehead atoms. The van der Waals surface area contributed by atoms with E-state index in [1.165, 1.54) is 12.8 Å². The van der Waals surface area contributed by atoms with Gasteiger partial charge in [-0.1, -0.05) is 33.6 Å². The number of hydrogen-bond donors (Lipinski definition) is 1. The number of ether oxygens (including phenoxy) is 1. The predicted molar refractivity (Wildman–Crippen MR) is 60.4 cm³/mol. The molecule has 0 amide bonds. The third kappa shape index (κ3) is 4.43. The van der Waals surface area contributed by atoms with Gasteiger partial charge in [-0.15, -0.1) is 0 Å². The maximum atomic E-state index is 9.13. The van der Waals surface area contributed by atoms with Gasteiger partial charge in [-0.25, -0.2) is 0 Å². The van der Waals surface area contributed by atoms with Gasteiger partial charge in [0.1, 0.15) is 0 Å². The number of rotatable bonds is 7. The van der Waals surface area contributed by atoms with Crippen LogP contribution in [0.5, 0.6) is 0 Å². The van der Waals surface area contributed by atoms with E-state index in [9.17, 15) is 0 Å². The Hall–Kier alpha value is -0.0800. The first kappa shape index (κ1) is 13.9. The van der Waals surface area contributed by atoms with Gasteiger partial charge in [0.25, 0.3) is 0 Å². The van der Waals surface area contributed by atoms with Crippen molar-refractivity contribution in [3.05, 3.63) is 0 Å². The predicted octanol–water partition coefficient (Wildman–Crippen LogP) is 2.85. The number of aliphatic hydroxyl groups is 1. The van der Waals surface area contributed by atoms with E-state index in [0.29, 0.717) is 0 Å². The summed E-state index contributed by atoms with van der Waals surface area (Å²) in [5.41, 5.74) is -0.163. The van der Waals surface area contributed by atoms with Gasteiger partial charge < -0.3 is 9.84 Å². The smallest absolute Gasteiger partial charge is 0.0698 e. The van der Waals surface area contributed by atoms with Crippen molar-refractivity contribution in [3.8, 4) is 0 Å². The number of hydrogen-bond acceptors (Lipinski definition) is 2. The fraction of sp³-hybridized carbons (Fsp3) is 1.00. The average molecular weight is 202 g/mol. The summed E-state index contributed by atoms with van der Waals surface area (Å²) in [6.45, 7) is 8.80. The van der Waals surface area contributed by atoms with E-state index >= 15 is 0 Å². The van der Waals surface area contributed by atoms with Crippen LogP contribution in [0.2, 0.25) is 0 Å². The second-order valence-electron chi connectivity index (χ2n) is 4.89. The Bertz CT molecular complexity index is 145. The molecule has 2 atom stereocenters. The minimum absolute atomic E-state index is 0.163. The molecule has 0 aliphatic rings. The van der Waals surface area contributed by atoms with Crippen molar-refractivity contribution in [1.29, 1.82) is 0 Å². The van der Waals surface area contributed by atoms with Crippen LogP contribution in [0.3, 0.4) is 0 Å². The first-order valence-corrected chi connectivity index (χ1v) is 5.62. The van der Waals surface area contributed by atoms with Gasteiger partial charge in [-0.05, 0) is 19.3 Å². The van der Waals surface area contributed by atoms with Gasteiger partial charge in [0, 0.05) is 19.6 Å². The van der Waals surface area contributed by atoms with Crippen LogP contribution < -0.4 is 0 Å². The van der Waals surface area contributed by atoms with Gasteiger partial charge >= 0.3 is 0 Å². The third-order valence-corrected chi connectivity index (χ3v) is 3.24. The molecule has 0 saturated carbocycles. The summed E-state index contributed by atoms with van der Waals surface area (Å²) < 4.78 is 5.51. The van der Waals surface area contributed by atoms with Crippen LogP contribution in [-0.2, 0) is 4.74 Å². The standard InChI is InChI=1S/C12H26O2/c1-10(2)7-6-8-12(4,14-5)11(3)9-13/h10-11,13H,6-9H2,1-5H3/t11-,12-/m1/s1. The molecular weight excluding hydrogens is 176 g/mol. The highest BCUT2D eigenvalue weighted by atomic mass is 16.5. The molecule has 0 spiro atoms. The van der Waals surface area contributed by atoms with Crippen molar-refractivity contribution in [1.82, 2.24) is 0 Å². The van der Waals surface area contributed by atoms with Crippen LogP contribution in [0.1, 0.15) is 47.0 Å². The van der Waals surface area contributed by atoms with Crippen molar-refractivity contribution in [3.63, 3.8) is 0 Å². The molecule has 0 aromatic carbocycles. The van der Waals surface area contributed by atoms with Crippen molar-refractivity contribution in [2.45, 2.75) is 52.6 Å². The van der Waals surface area contributed by atoms with E-state index in [0.717, 1.165) is 12.3 Å². The summed E-state index contributed by atoms with van der Waals surface area (Å²) in [6, 6.07) is 0. The van der Waals surface area contributed by atoms with E-state index in [-0.39, 0.29) is 18.1 Å². The quantitative estimate of drug-likeness (QED) is 0.688. The summed E-state index contributed by atoms with van der Waals surface area (Å²) >= 11 is 0. The Morgan fingerprint density at radius 2 is 1.86 bits per heavy atom. The molecule has 2 heteroatoms. The number of methoxy groups -OCH3 is 1. The average Bonchev–Trinajstić information content (AvgIpc) is 2.15. The zero-order valence-corrected chi connectivity index (χ0v) is 10.3. The topological polar surface area (TPSA) is 29.5 Å². The summed E-state index contributed by atoms with van der Waals surface area (Å²) in [7, 11) is 1.74. The molecule has 2 nitrogen and oxygen atoms in total. The van der Waals surface area contributed by atoms with Gasteiger partial charge in [-0.2, -0.15) is 0 Å². The lowest BCUT2D eigenvalue weighted by Crippen LogP contribution is -2.37. The molecule has 0 fully saturated rings. The van der Waals surface area contributed by atoms with Crippen LogP contribution in [0.25, 0.3) is 0 Å². The molecule has 0 aromatic heterocycles.